The first-order valence-corrected chi connectivity index (χ1v) is 7.76. The van der Waals surface area contributed by atoms with Crippen LogP contribution < -0.4 is 5.32 Å². The molecule has 20 heavy (non-hydrogen) atoms. The van der Waals surface area contributed by atoms with E-state index in [9.17, 15) is 0 Å². The average molecular weight is 275 g/mol. The van der Waals surface area contributed by atoms with Crippen LogP contribution in [0.15, 0.2) is 0 Å². The quantitative estimate of drug-likeness (QED) is 0.554. The summed E-state index contributed by atoms with van der Waals surface area (Å²) in [7, 11) is 2.02. The highest BCUT2D eigenvalue weighted by molar-refractivity contribution is 5.24. The van der Waals surface area contributed by atoms with E-state index < -0.39 is 0 Å². The number of nitrogens with one attached hydrogen (secondary N) is 1. The van der Waals surface area contributed by atoms with E-state index >= 15 is 0 Å². The van der Waals surface area contributed by atoms with Crippen LogP contribution in [0.5, 0.6) is 0 Å². The number of rotatable bonds is 9. The van der Waals surface area contributed by atoms with Gasteiger partial charge in [0.05, 0.1) is 5.69 Å². The largest absolute Gasteiger partial charge is 0.314 e. The molecule has 0 aromatic carbocycles. The van der Waals surface area contributed by atoms with Crippen LogP contribution in [0.4, 0.5) is 0 Å². The first-order valence-electron chi connectivity index (χ1n) is 7.76. The van der Waals surface area contributed by atoms with Crippen molar-refractivity contribution in [3.8, 4) is 12.3 Å². The van der Waals surface area contributed by atoms with Gasteiger partial charge in [-0.2, -0.15) is 5.10 Å². The second kappa shape index (κ2) is 8.81. The molecule has 0 aliphatic carbocycles. The molecule has 1 aromatic rings. The summed E-state index contributed by atoms with van der Waals surface area (Å²) in [6.45, 7) is 7.56. The molecule has 0 aliphatic heterocycles. The summed E-state index contributed by atoms with van der Waals surface area (Å²) in [5, 5.41) is 8.14. The number of hydrogen-bond acceptors (Lipinski definition) is 2. The Balaban J connectivity index is 2.53. The van der Waals surface area contributed by atoms with E-state index in [0.717, 1.165) is 32.2 Å². The topological polar surface area (TPSA) is 29.9 Å². The van der Waals surface area contributed by atoms with Crippen molar-refractivity contribution in [3.05, 3.63) is 17.0 Å². The maximum atomic E-state index is 5.34. The fourth-order valence-corrected chi connectivity index (χ4v) is 2.65. The van der Waals surface area contributed by atoms with E-state index in [1.807, 2.05) is 11.7 Å². The number of aryl methyl sites for hydroxylation is 2. The zero-order valence-electron chi connectivity index (χ0n) is 13.5. The Bertz CT molecular complexity index is 440. The van der Waals surface area contributed by atoms with Crippen LogP contribution in [-0.4, -0.2) is 22.4 Å². The zero-order valence-corrected chi connectivity index (χ0v) is 13.5. The fraction of sp³-hybridized carbons (Fsp3) is 0.706. The van der Waals surface area contributed by atoms with Gasteiger partial charge < -0.3 is 5.32 Å². The van der Waals surface area contributed by atoms with E-state index in [1.54, 1.807) is 0 Å². The number of unbranched alkanes of at least 4 members (excludes halogenated alkanes) is 1. The predicted molar refractivity (Wildman–Crippen MR) is 85.8 cm³/mol. The van der Waals surface area contributed by atoms with Crippen LogP contribution in [0.3, 0.4) is 0 Å². The van der Waals surface area contributed by atoms with Gasteiger partial charge in [0.2, 0.25) is 0 Å². The third kappa shape index (κ3) is 5.02. The molecule has 3 heteroatoms. The Morgan fingerprint density at radius 3 is 2.65 bits per heavy atom. The second-order valence-electron chi connectivity index (χ2n) is 5.56. The Morgan fingerprint density at radius 1 is 1.35 bits per heavy atom. The van der Waals surface area contributed by atoms with Gasteiger partial charge in [-0.25, -0.2) is 0 Å². The van der Waals surface area contributed by atoms with Crippen molar-refractivity contribution in [2.45, 2.75) is 65.3 Å². The van der Waals surface area contributed by atoms with Crippen LogP contribution >= 0.6 is 0 Å². The molecule has 1 atom stereocenters. The van der Waals surface area contributed by atoms with Crippen molar-refractivity contribution in [1.82, 2.24) is 15.1 Å². The van der Waals surface area contributed by atoms with Gasteiger partial charge >= 0.3 is 0 Å². The minimum absolute atomic E-state index is 0.572. The Hall–Kier alpha value is -1.27. The first-order chi connectivity index (χ1) is 9.60. The van der Waals surface area contributed by atoms with Crippen molar-refractivity contribution < 1.29 is 0 Å². The molecular weight excluding hydrogens is 246 g/mol. The van der Waals surface area contributed by atoms with Gasteiger partial charge in [0, 0.05) is 25.2 Å². The Kier molecular flexibility index (Phi) is 7.40. The van der Waals surface area contributed by atoms with Crippen LogP contribution in [0.25, 0.3) is 0 Å². The molecule has 0 saturated heterocycles. The third-order valence-corrected chi connectivity index (χ3v) is 3.96. The van der Waals surface area contributed by atoms with E-state index in [2.05, 4.69) is 37.1 Å². The van der Waals surface area contributed by atoms with Crippen molar-refractivity contribution >= 4 is 0 Å². The van der Waals surface area contributed by atoms with Crippen molar-refractivity contribution in [1.29, 1.82) is 0 Å². The highest BCUT2D eigenvalue weighted by Gasteiger charge is 2.13. The minimum Gasteiger partial charge on any atom is -0.314 e. The number of aromatic nitrogens is 2. The number of nitrogens with zero attached hydrogens (tertiary/aromatic N) is 2. The van der Waals surface area contributed by atoms with Gasteiger partial charge in [-0.1, -0.05) is 6.92 Å². The lowest BCUT2D eigenvalue weighted by molar-refractivity contribution is 0.443. The predicted octanol–water partition coefficient (Wildman–Crippen LogP) is 3.14. The summed E-state index contributed by atoms with van der Waals surface area (Å²) in [5.41, 5.74) is 3.87. The van der Waals surface area contributed by atoms with Gasteiger partial charge in [-0.05, 0) is 58.1 Å². The third-order valence-electron chi connectivity index (χ3n) is 3.96. The normalized spacial score (nSPS) is 12.3. The fourth-order valence-electron chi connectivity index (χ4n) is 2.65. The molecule has 0 aliphatic rings. The molecule has 0 amide bonds. The van der Waals surface area contributed by atoms with Crippen molar-refractivity contribution in [2.75, 3.05) is 6.54 Å². The lowest BCUT2D eigenvalue weighted by Crippen LogP contribution is -2.30. The van der Waals surface area contributed by atoms with E-state index in [1.165, 1.54) is 29.8 Å². The molecule has 0 bridgehead atoms. The summed E-state index contributed by atoms with van der Waals surface area (Å²) in [6.07, 6.45) is 12.0. The monoisotopic (exact) mass is 275 g/mol. The molecule has 3 nitrogen and oxygen atoms in total. The molecule has 1 aromatic heterocycles. The van der Waals surface area contributed by atoms with Gasteiger partial charge in [0.15, 0.2) is 0 Å². The molecule has 112 valence electrons. The van der Waals surface area contributed by atoms with E-state index in [4.69, 9.17) is 6.42 Å². The highest BCUT2D eigenvalue weighted by Crippen LogP contribution is 2.16. The molecule has 0 saturated carbocycles. The summed E-state index contributed by atoms with van der Waals surface area (Å²) in [5.74, 6) is 2.73. The second-order valence-corrected chi connectivity index (χ2v) is 5.56. The lowest BCUT2D eigenvalue weighted by atomic mass is 9.99. The standard InChI is InChI=1S/C17H29N3/c1-6-8-9-10-16(18-13-7-2)11-12-17-14(3)19-20(5)15(17)4/h1,16,18H,7-13H2,2-5H3. The van der Waals surface area contributed by atoms with Gasteiger partial charge in [0.25, 0.3) is 0 Å². The van der Waals surface area contributed by atoms with E-state index in [0.29, 0.717) is 6.04 Å². The number of terminal acetylenes is 1. The molecule has 1 heterocycles. The Morgan fingerprint density at radius 2 is 2.10 bits per heavy atom. The first kappa shape index (κ1) is 16.8. The maximum Gasteiger partial charge on any atom is 0.0628 e. The maximum absolute atomic E-state index is 5.34. The molecule has 1 N–H and O–H groups in total. The van der Waals surface area contributed by atoms with Crippen LogP contribution in [-0.2, 0) is 13.5 Å². The van der Waals surface area contributed by atoms with Gasteiger partial charge in [0.1, 0.15) is 0 Å². The van der Waals surface area contributed by atoms with Crippen molar-refractivity contribution in [2.24, 2.45) is 7.05 Å². The minimum atomic E-state index is 0.572. The van der Waals surface area contributed by atoms with Crippen LogP contribution in [0.2, 0.25) is 0 Å². The van der Waals surface area contributed by atoms with Crippen LogP contribution in [0.1, 0.15) is 56.0 Å². The smallest absolute Gasteiger partial charge is 0.0628 e. The molecule has 0 spiro atoms. The molecular formula is C17H29N3. The van der Waals surface area contributed by atoms with Crippen molar-refractivity contribution in [3.63, 3.8) is 0 Å². The number of hydrogen-bond donors (Lipinski definition) is 1. The summed E-state index contributed by atoms with van der Waals surface area (Å²) in [4.78, 5) is 0. The highest BCUT2D eigenvalue weighted by atomic mass is 15.3. The van der Waals surface area contributed by atoms with Crippen LogP contribution in [0, 0.1) is 26.2 Å². The zero-order chi connectivity index (χ0) is 15.0. The summed E-state index contributed by atoms with van der Waals surface area (Å²) in [6, 6.07) is 0.572. The SMILES string of the molecule is C#CCCCC(CCc1c(C)nn(C)c1C)NCCC. The van der Waals surface area contributed by atoms with Gasteiger partial charge in [-0.15, -0.1) is 12.3 Å². The average Bonchev–Trinajstić information content (AvgIpc) is 2.67. The molecule has 0 radical (unpaired) electrons. The molecule has 1 unspecified atom stereocenters. The lowest BCUT2D eigenvalue weighted by Gasteiger charge is -2.18. The Labute approximate surface area is 124 Å². The molecule has 1 rings (SSSR count). The molecule has 0 fully saturated rings. The summed E-state index contributed by atoms with van der Waals surface area (Å²) >= 11 is 0. The summed E-state index contributed by atoms with van der Waals surface area (Å²) < 4.78 is 1.98. The van der Waals surface area contributed by atoms with Gasteiger partial charge in [-0.3, -0.25) is 4.68 Å². The van der Waals surface area contributed by atoms with E-state index in [-0.39, 0.29) is 0 Å².